The number of rotatable bonds is 8. The summed E-state index contributed by atoms with van der Waals surface area (Å²) < 4.78 is 12.5. The van der Waals surface area contributed by atoms with Gasteiger partial charge in [-0.1, -0.05) is 72.8 Å². The largest absolute Gasteiger partial charge is 0.566 e. The summed E-state index contributed by atoms with van der Waals surface area (Å²) in [5.41, 5.74) is 18.8. The summed E-state index contributed by atoms with van der Waals surface area (Å²) in [7, 11) is -1.01. The van der Waals surface area contributed by atoms with Crippen molar-refractivity contribution in [2.75, 3.05) is 26.2 Å². The zero-order chi connectivity index (χ0) is 39.3. The summed E-state index contributed by atoms with van der Waals surface area (Å²) in [4.78, 5) is 51.8. The van der Waals surface area contributed by atoms with E-state index in [2.05, 4.69) is 46.4 Å². The molecule has 3 fully saturated rings. The number of carbonyl (C=O) groups is 3. The number of likely N-dealkylation sites (tertiary alicyclic amines) is 2. The molecule has 3 aliphatic heterocycles. The second-order valence-corrected chi connectivity index (χ2v) is 15.9. The molecule has 5 heterocycles. The number of hydrogen-bond donors (Lipinski definition) is 4. The molecule has 0 saturated carbocycles. The smallest absolute Gasteiger partial charge is 0.503 e. The normalized spacial score (nSPS) is 19.5. The van der Waals surface area contributed by atoms with Gasteiger partial charge in [-0.2, -0.15) is 0 Å². The number of aromatic amines is 2. The Hall–Kier alpha value is -5.69. The van der Waals surface area contributed by atoms with Crippen LogP contribution in [0.25, 0.3) is 21.8 Å². The maximum absolute atomic E-state index is 13.8. The summed E-state index contributed by atoms with van der Waals surface area (Å²) in [6.45, 7) is 5.34. The van der Waals surface area contributed by atoms with Crippen LogP contribution in [0.1, 0.15) is 93.2 Å². The highest BCUT2D eigenvalue weighted by Crippen LogP contribution is 2.39. The highest BCUT2D eigenvalue weighted by Gasteiger charge is 2.52. The lowest BCUT2D eigenvalue weighted by Crippen LogP contribution is -2.38. The SMILES string of the molecule is C[C@]1(c2cccc3[nH]c(C(=O)N4CCC(c5cccc(CN)c5)CC4)cc23)OB(c2cccc3[nH]c(C(=O)N4CCC(c5cccc(CN)c5)CC4)cc23)OC1=O. The lowest BCUT2D eigenvalue weighted by Gasteiger charge is -2.32. The highest BCUT2D eigenvalue weighted by atomic mass is 16.7. The van der Waals surface area contributed by atoms with Crippen molar-refractivity contribution < 1.29 is 23.7 Å². The number of fused-ring (bicyclic) bond motifs is 2. The highest BCUT2D eigenvalue weighted by molar-refractivity contribution is 6.67. The minimum Gasteiger partial charge on any atom is -0.503 e. The fourth-order valence-corrected chi connectivity index (χ4v) is 9.10. The van der Waals surface area contributed by atoms with Gasteiger partial charge in [-0.3, -0.25) is 14.4 Å². The van der Waals surface area contributed by atoms with E-state index in [0.29, 0.717) is 73.5 Å². The Balaban J connectivity index is 0.902. The van der Waals surface area contributed by atoms with E-state index in [-0.39, 0.29) is 11.8 Å². The number of nitrogens with one attached hydrogen (secondary N) is 2. The molecule has 1 atom stereocenters. The Labute approximate surface area is 331 Å². The number of nitrogens with two attached hydrogens (primary N) is 2. The predicted molar refractivity (Wildman–Crippen MR) is 221 cm³/mol. The molecule has 0 aliphatic carbocycles. The Kier molecular flexibility index (Phi) is 9.72. The van der Waals surface area contributed by atoms with Crippen molar-refractivity contribution in [2.45, 2.75) is 63.1 Å². The molecule has 2 amide bonds. The third-order valence-electron chi connectivity index (χ3n) is 12.4. The summed E-state index contributed by atoms with van der Waals surface area (Å²) in [5.74, 6) is 0.101. The van der Waals surface area contributed by atoms with Crippen LogP contribution in [0.4, 0.5) is 0 Å². The monoisotopic (exact) mass is 762 g/mol. The van der Waals surface area contributed by atoms with Gasteiger partial charge in [0.1, 0.15) is 11.4 Å². The summed E-state index contributed by atoms with van der Waals surface area (Å²) in [5, 5.41) is 1.47. The Morgan fingerprint density at radius 1 is 0.702 bits per heavy atom. The van der Waals surface area contributed by atoms with E-state index in [1.54, 1.807) is 6.92 Å². The fourth-order valence-electron chi connectivity index (χ4n) is 9.10. The molecular weight excluding hydrogens is 715 g/mol. The standard InChI is InChI=1S/C45H47BN6O5/c1-45(36-10-4-12-38-34(36)24-40(49-38)42(53)51-18-14-30(15-19-51)32-8-2-6-28(22-32)26-47)44(55)56-46(57-45)37-11-5-13-39-35(37)25-41(50-39)43(54)52-20-16-31(17-21-52)33-9-3-7-29(23-33)27-48/h2-13,22-25,30-31,49-50H,14-21,26-27,47-48H2,1H3/t45-/m1/s1. The number of nitrogens with zero attached hydrogens (tertiary/aromatic N) is 2. The number of piperidine rings is 2. The van der Waals surface area contributed by atoms with E-state index in [1.807, 2.05) is 70.5 Å². The summed E-state index contributed by atoms with van der Waals surface area (Å²) in [6, 6.07) is 31.7. The number of amides is 2. The summed E-state index contributed by atoms with van der Waals surface area (Å²) in [6.07, 6.45) is 3.50. The molecule has 0 unspecified atom stereocenters. The van der Waals surface area contributed by atoms with Gasteiger partial charge >= 0.3 is 13.1 Å². The molecule has 3 saturated heterocycles. The van der Waals surface area contributed by atoms with Gasteiger partial charge in [0.15, 0.2) is 5.60 Å². The van der Waals surface area contributed by atoms with Crippen LogP contribution in [0.5, 0.6) is 0 Å². The van der Waals surface area contributed by atoms with Crippen molar-refractivity contribution in [3.8, 4) is 0 Å². The van der Waals surface area contributed by atoms with Gasteiger partial charge in [-0.15, -0.1) is 0 Å². The lowest BCUT2D eigenvalue weighted by molar-refractivity contribution is -0.142. The van der Waals surface area contributed by atoms with Crippen molar-refractivity contribution in [2.24, 2.45) is 11.5 Å². The van der Waals surface area contributed by atoms with E-state index in [4.69, 9.17) is 20.8 Å². The third kappa shape index (κ3) is 6.81. The number of H-pyrrole nitrogens is 2. The molecular formula is C45H47BN6O5. The van der Waals surface area contributed by atoms with Crippen LogP contribution < -0.4 is 16.9 Å². The molecule has 11 nitrogen and oxygen atoms in total. The average Bonchev–Trinajstić information content (AvgIpc) is 3.98. The van der Waals surface area contributed by atoms with Crippen molar-refractivity contribution >= 4 is 52.2 Å². The molecule has 0 bridgehead atoms. The Bertz CT molecular complexity index is 2500. The molecule has 4 aromatic carbocycles. The summed E-state index contributed by atoms with van der Waals surface area (Å²) >= 11 is 0. The van der Waals surface area contributed by atoms with Crippen LogP contribution in [0.15, 0.2) is 97.1 Å². The molecule has 6 N–H and O–H groups in total. The number of benzene rings is 4. The average molecular weight is 763 g/mol. The van der Waals surface area contributed by atoms with Crippen LogP contribution in [0.3, 0.4) is 0 Å². The maximum atomic E-state index is 13.8. The number of aromatic nitrogens is 2. The van der Waals surface area contributed by atoms with E-state index < -0.39 is 18.7 Å². The second kappa shape index (κ2) is 15.0. The van der Waals surface area contributed by atoms with Gasteiger partial charge in [0.25, 0.3) is 11.8 Å². The minimum absolute atomic E-state index is 0.0633. The van der Waals surface area contributed by atoms with Crippen LogP contribution in [0.2, 0.25) is 0 Å². The molecule has 0 radical (unpaired) electrons. The molecule has 12 heteroatoms. The Morgan fingerprint density at radius 3 is 1.74 bits per heavy atom. The first-order chi connectivity index (χ1) is 27.7. The van der Waals surface area contributed by atoms with Gasteiger partial charge < -0.3 is 40.5 Å². The number of hydrogen-bond acceptors (Lipinski definition) is 7. The van der Waals surface area contributed by atoms with Crippen LogP contribution in [0, 0.1) is 0 Å². The van der Waals surface area contributed by atoms with Crippen molar-refractivity contribution in [3.05, 3.63) is 136 Å². The minimum atomic E-state index is -1.45. The van der Waals surface area contributed by atoms with E-state index in [0.717, 1.165) is 58.6 Å². The number of carbonyl (C=O) groups excluding carboxylic acids is 3. The van der Waals surface area contributed by atoms with Crippen molar-refractivity contribution in [3.63, 3.8) is 0 Å². The van der Waals surface area contributed by atoms with E-state index in [1.165, 1.54) is 11.1 Å². The molecule has 0 spiro atoms. The molecule has 9 rings (SSSR count). The Morgan fingerprint density at radius 2 is 1.19 bits per heavy atom. The van der Waals surface area contributed by atoms with Gasteiger partial charge in [-0.05, 0) is 91.0 Å². The first kappa shape index (κ1) is 36.9. The van der Waals surface area contributed by atoms with Crippen LogP contribution in [-0.4, -0.2) is 70.8 Å². The molecule has 290 valence electrons. The van der Waals surface area contributed by atoms with Crippen molar-refractivity contribution in [1.82, 2.24) is 19.8 Å². The van der Waals surface area contributed by atoms with Crippen molar-refractivity contribution in [1.29, 1.82) is 0 Å². The van der Waals surface area contributed by atoms with Crippen LogP contribution >= 0.6 is 0 Å². The van der Waals surface area contributed by atoms with Gasteiger partial charge in [0, 0.05) is 72.1 Å². The zero-order valence-electron chi connectivity index (χ0n) is 32.1. The molecule has 57 heavy (non-hydrogen) atoms. The van der Waals surface area contributed by atoms with Gasteiger partial charge in [0.2, 0.25) is 0 Å². The van der Waals surface area contributed by atoms with E-state index in [9.17, 15) is 14.4 Å². The molecule has 2 aromatic heterocycles. The quantitative estimate of drug-likeness (QED) is 0.143. The topological polar surface area (TPSA) is 160 Å². The maximum Gasteiger partial charge on any atom is 0.566 e. The van der Waals surface area contributed by atoms with Gasteiger partial charge in [-0.25, -0.2) is 0 Å². The molecule has 6 aromatic rings. The zero-order valence-corrected chi connectivity index (χ0v) is 32.1. The van der Waals surface area contributed by atoms with E-state index >= 15 is 0 Å². The first-order valence-electron chi connectivity index (χ1n) is 20.0. The fraction of sp³-hybridized carbons (Fsp3) is 0.311. The van der Waals surface area contributed by atoms with Crippen LogP contribution in [-0.2, 0) is 32.8 Å². The predicted octanol–water partition coefficient (Wildman–Crippen LogP) is 5.79. The third-order valence-corrected chi connectivity index (χ3v) is 12.4. The van der Waals surface area contributed by atoms with Gasteiger partial charge in [0.05, 0.1) is 0 Å². The second-order valence-electron chi connectivity index (χ2n) is 15.9. The lowest BCUT2D eigenvalue weighted by atomic mass is 9.77. The molecule has 3 aliphatic rings. The first-order valence-corrected chi connectivity index (χ1v) is 20.0.